The van der Waals surface area contributed by atoms with Gasteiger partial charge in [-0.15, -0.1) is 11.8 Å². The number of thioether (sulfide) groups is 1. The summed E-state index contributed by atoms with van der Waals surface area (Å²) in [6, 6.07) is -1.02. The number of oxime groups is 1. The second-order valence-electron chi connectivity index (χ2n) is 5.44. The summed E-state index contributed by atoms with van der Waals surface area (Å²) in [5, 5.41) is 23.8. The predicted octanol–water partition coefficient (Wildman–Crippen LogP) is -1.34. The first kappa shape index (κ1) is 18.8. The van der Waals surface area contributed by atoms with Gasteiger partial charge in [-0.05, 0) is 5.57 Å². The number of rotatable bonds is 5. The third-order valence-corrected chi connectivity index (χ3v) is 6.19. The highest BCUT2D eigenvalue weighted by atomic mass is 32.2. The number of carboxylic acid groups (broad SMARTS) is 1. The van der Waals surface area contributed by atoms with Crippen LogP contribution in [0.25, 0.3) is 0 Å². The molecular formula is C14H13N5O6S2. The zero-order valence-electron chi connectivity index (χ0n) is 13.5. The molecule has 1 fully saturated rings. The number of carboxylic acids is 1. The van der Waals surface area contributed by atoms with Crippen molar-refractivity contribution in [2.45, 2.75) is 11.4 Å². The van der Waals surface area contributed by atoms with E-state index in [2.05, 4.69) is 22.0 Å². The number of nitrogens with one attached hydrogen (secondary N) is 1. The summed E-state index contributed by atoms with van der Waals surface area (Å²) in [7, 11) is -1.73. The Balaban J connectivity index is 1.78. The first-order valence-corrected chi connectivity index (χ1v) is 9.59. The van der Waals surface area contributed by atoms with Crippen LogP contribution in [0.2, 0.25) is 0 Å². The average molecular weight is 411 g/mol. The number of aliphatic carboxylic acids is 1. The molecule has 3 atom stereocenters. The van der Waals surface area contributed by atoms with Gasteiger partial charge in [0.2, 0.25) is 0 Å². The lowest BCUT2D eigenvalue weighted by Gasteiger charge is -2.49. The molecular weight excluding hydrogens is 398 g/mol. The summed E-state index contributed by atoms with van der Waals surface area (Å²) in [5.74, 6) is -2.53. The molecule has 0 aromatic rings. The maximum atomic E-state index is 12.4. The summed E-state index contributed by atoms with van der Waals surface area (Å²) >= 11 is 1.26. The van der Waals surface area contributed by atoms with Gasteiger partial charge in [0.1, 0.15) is 33.6 Å². The van der Waals surface area contributed by atoms with E-state index >= 15 is 0 Å². The third-order valence-electron chi connectivity index (χ3n) is 3.95. The number of allylic oxidation sites excluding steroid dienone is 1. The summed E-state index contributed by atoms with van der Waals surface area (Å²) < 4.78 is 11.5. The van der Waals surface area contributed by atoms with Crippen molar-refractivity contribution in [1.29, 1.82) is 0 Å². The maximum Gasteiger partial charge on any atom is 0.352 e. The maximum absolute atomic E-state index is 12.4. The molecule has 27 heavy (non-hydrogen) atoms. The number of fused-ring (bicyclic) bond motifs is 1. The molecule has 0 aliphatic carbocycles. The van der Waals surface area contributed by atoms with E-state index in [0.29, 0.717) is 11.3 Å². The quantitative estimate of drug-likeness (QED) is 0.186. The molecule has 2 amide bonds. The van der Waals surface area contributed by atoms with E-state index in [1.54, 1.807) is 0 Å². The molecule has 11 nitrogen and oxygen atoms in total. The zero-order valence-corrected chi connectivity index (χ0v) is 15.1. The summed E-state index contributed by atoms with van der Waals surface area (Å²) in [5.41, 5.74) is 4.86. The van der Waals surface area contributed by atoms with E-state index in [1.165, 1.54) is 17.8 Å². The Hall–Kier alpha value is -2.93. The molecule has 0 saturated carbocycles. The van der Waals surface area contributed by atoms with Gasteiger partial charge in [0.25, 0.3) is 11.8 Å². The van der Waals surface area contributed by atoms with Crippen LogP contribution in [-0.4, -0.2) is 65.3 Å². The molecule has 5 N–H and O–H groups in total. The van der Waals surface area contributed by atoms with Crippen LogP contribution in [0.15, 0.2) is 45.2 Å². The number of amides is 2. The summed E-state index contributed by atoms with van der Waals surface area (Å²) in [6.45, 7) is 3.54. The molecule has 0 aromatic carbocycles. The molecule has 142 valence electrons. The second-order valence-corrected chi connectivity index (χ2v) is 7.80. The summed E-state index contributed by atoms with van der Waals surface area (Å²) in [6.07, 6.45) is 1.37. The first-order chi connectivity index (χ1) is 12.8. The number of hydrogen-bond acceptors (Lipinski definition) is 9. The van der Waals surface area contributed by atoms with Crippen molar-refractivity contribution in [2.24, 2.45) is 15.9 Å². The van der Waals surface area contributed by atoms with E-state index in [0.717, 1.165) is 10.3 Å². The number of β-lactam (4-membered cyclic amide) rings is 1. The number of nitrogens with zero attached hydrogens (tertiary/aromatic N) is 3. The topological polar surface area (TPSA) is 175 Å². The van der Waals surface area contributed by atoms with Crippen LogP contribution in [0.3, 0.4) is 0 Å². The highest BCUT2D eigenvalue weighted by molar-refractivity contribution is 8.03. The normalized spacial score (nSPS) is 27.4. The molecule has 13 heteroatoms. The lowest BCUT2D eigenvalue weighted by Crippen LogP contribution is -2.71. The minimum atomic E-state index is -1.73. The third kappa shape index (κ3) is 3.04. The van der Waals surface area contributed by atoms with E-state index in [4.69, 9.17) is 10.9 Å². The fourth-order valence-electron chi connectivity index (χ4n) is 2.68. The molecule has 0 radical (unpaired) electrons. The molecule has 0 aromatic heterocycles. The number of carbonyl (C=O) groups is 3. The second kappa shape index (κ2) is 7.00. The highest BCUT2D eigenvalue weighted by Gasteiger charge is 2.54. The SMILES string of the molecule is C=CC1=C(C(=O)O)N2C(=O)[C@@H](NC(=O)/C(=N\O)C3=CS(=O)C(N)=N3)[C@H]2SC1. The monoisotopic (exact) mass is 411 g/mol. The Morgan fingerprint density at radius 1 is 1.56 bits per heavy atom. The largest absolute Gasteiger partial charge is 0.477 e. The number of amidine groups is 1. The van der Waals surface area contributed by atoms with Crippen molar-refractivity contribution in [2.75, 3.05) is 5.75 Å². The van der Waals surface area contributed by atoms with Gasteiger partial charge in [-0.3, -0.25) is 14.5 Å². The van der Waals surface area contributed by atoms with Crippen LogP contribution in [0.1, 0.15) is 0 Å². The minimum absolute atomic E-state index is 0.174. The number of aliphatic imine (C=N–C) groups is 1. The fourth-order valence-corrected chi connectivity index (χ4v) is 4.70. The van der Waals surface area contributed by atoms with Gasteiger partial charge >= 0.3 is 5.97 Å². The Kier molecular flexibility index (Phi) is 4.89. The van der Waals surface area contributed by atoms with Gasteiger partial charge in [0, 0.05) is 11.2 Å². The molecule has 0 spiro atoms. The number of carbonyl (C=O) groups excluding carboxylic acids is 2. The highest BCUT2D eigenvalue weighted by Crippen LogP contribution is 2.40. The Bertz CT molecular complexity index is 921. The van der Waals surface area contributed by atoms with Crippen molar-refractivity contribution >= 4 is 51.2 Å². The van der Waals surface area contributed by atoms with Crippen molar-refractivity contribution < 1.29 is 28.9 Å². The van der Waals surface area contributed by atoms with E-state index in [-0.39, 0.29) is 16.6 Å². The van der Waals surface area contributed by atoms with E-state index in [1.807, 2.05) is 0 Å². The Morgan fingerprint density at radius 3 is 2.78 bits per heavy atom. The molecule has 3 aliphatic rings. The van der Waals surface area contributed by atoms with Gasteiger partial charge in [-0.2, -0.15) is 0 Å². The van der Waals surface area contributed by atoms with Crippen LogP contribution < -0.4 is 11.1 Å². The lowest BCUT2D eigenvalue weighted by atomic mass is 10.0. The van der Waals surface area contributed by atoms with Crippen molar-refractivity contribution in [3.05, 3.63) is 35.0 Å². The first-order valence-electron chi connectivity index (χ1n) is 7.33. The molecule has 3 heterocycles. The van der Waals surface area contributed by atoms with Crippen LogP contribution in [0.5, 0.6) is 0 Å². The average Bonchev–Trinajstić information content (AvgIpc) is 2.96. The minimum Gasteiger partial charge on any atom is -0.477 e. The molecule has 1 unspecified atom stereocenters. The number of hydrogen-bond donors (Lipinski definition) is 4. The van der Waals surface area contributed by atoms with Crippen molar-refractivity contribution in [1.82, 2.24) is 10.2 Å². The van der Waals surface area contributed by atoms with Gasteiger partial charge in [-0.1, -0.05) is 17.8 Å². The van der Waals surface area contributed by atoms with Crippen LogP contribution in [0, 0.1) is 0 Å². The molecule has 3 aliphatic heterocycles. The predicted molar refractivity (Wildman–Crippen MR) is 97.0 cm³/mol. The molecule has 1 saturated heterocycles. The van der Waals surface area contributed by atoms with Crippen LogP contribution in [-0.2, 0) is 25.2 Å². The smallest absolute Gasteiger partial charge is 0.352 e. The van der Waals surface area contributed by atoms with Gasteiger partial charge in [0.15, 0.2) is 10.9 Å². The van der Waals surface area contributed by atoms with Gasteiger partial charge < -0.3 is 21.4 Å². The van der Waals surface area contributed by atoms with Crippen LogP contribution >= 0.6 is 11.8 Å². The zero-order chi connectivity index (χ0) is 19.9. The van der Waals surface area contributed by atoms with Gasteiger partial charge in [0.05, 0.1) is 0 Å². The molecule has 3 rings (SSSR count). The van der Waals surface area contributed by atoms with E-state index in [9.17, 15) is 23.7 Å². The fraction of sp³-hybridized carbons (Fsp3) is 0.214. The number of nitrogens with two attached hydrogens (primary N) is 1. The van der Waals surface area contributed by atoms with Crippen LogP contribution in [0.4, 0.5) is 0 Å². The standard InChI is InChI=1S/C14H13N5O6S2/c1-2-5-3-26-12-8(11(21)19(12)9(5)13(22)23)17-10(20)7(18-24)6-4-27(25)14(15)16-6/h2,4,8,12,24H,1,3H2,(H2,15,16)(H,17,20)(H,22,23)/b18-7-/t8-,12-,27?/m1/s1. The lowest BCUT2D eigenvalue weighted by molar-refractivity contribution is -0.150. The molecule has 0 bridgehead atoms. The Morgan fingerprint density at radius 2 is 2.26 bits per heavy atom. The van der Waals surface area contributed by atoms with Crippen molar-refractivity contribution in [3.63, 3.8) is 0 Å². The van der Waals surface area contributed by atoms with Crippen molar-refractivity contribution in [3.8, 4) is 0 Å². The van der Waals surface area contributed by atoms with Gasteiger partial charge in [-0.25, -0.2) is 14.0 Å². The Labute approximate surface area is 158 Å². The van der Waals surface area contributed by atoms with E-state index < -0.39 is 45.7 Å². The summed E-state index contributed by atoms with van der Waals surface area (Å²) in [4.78, 5) is 41.0.